The largest absolute Gasteiger partial charge is 0.508 e. The number of anilines is 2. The first-order valence-electron chi connectivity index (χ1n) is 6.63. The quantitative estimate of drug-likeness (QED) is 0.799. The minimum Gasteiger partial charge on any atom is -0.508 e. The third-order valence-electron chi connectivity index (χ3n) is 3.24. The van der Waals surface area contributed by atoms with Crippen molar-refractivity contribution in [3.05, 3.63) is 47.0 Å². The highest BCUT2D eigenvalue weighted by molar-refractivity contribution is 6.33. The molecule has 4 nitrogen and oxygen atoms in total. The maximum absolute atomic E-state index is 9.54. The summed E-state index contributed by atoms with van der Waals surface area (Å²) in [7, 11) is 3.87. The Hall–Kier alpha value is -2.07. The summed E-state index contributed by atoms with van der Waals surface area (Å²) in [5, 5.41) is 23.0. The fourth-order valence-corrected chi connectivity index (χ4v) is 2.51. The van der Waals surface area contributed by atoms with Crippen LogP contribution in [0.1, 0.15) is 18.5 Å². The van der Waals surface area contributed by atoms with Crippen molar-refractivity contribution in [2.24, 2.45) is 0 Å². The summed E-state index contributed by atoms with van der Waals surface area (Å²) in [6.07, 6.45) is 0. The Balaban J connectivity index is 2.19. The SMILES string of the molecule is CC(Nc1ccc(N(C)C)c(Cl)c1)c1cc(O)cc(O)c1. The lowest BCUT2D eigenvalue weighted by atomic mass is 10.1. The van der Waals surface area contributed by atoms with Crippen LogP contribution in [0.15, 0.2) is 36.4 Å². The molecule has 0 spiro atoms. The van der Waals surface area contributed by atoms with Crippen LogP contribution in [0, 0.1) is 0 Å². The predicted molar refractivity (Wildman–Crippen MR) is 87.6 cm³/mol. The molecule has 0 amide bonds. The van der Waals surface area contributed by atoms with Crippen molar-refractivity contribution in [3.63, 3.8) is 0 Å². The maximum atomic E-state index is 9.54. The Morgan fingerprint density at radius 2 is 1.67 bits per heavy atom. The first kappa shape index (κ1) is 15.3. The first-order chi connectivity index (χ1) is 9.86. The van der Waals surface area contributed by atoms with Crippen molar-refractivity contribution in [3.8, 4) is 11.5 Å². The molecule has 1 atom stereocenters. The van der Waals surface area contributed by atoms with Crippen LogP contribution in [0.25, 0.3) is 0 Å². The zero-order chi connectivity index (χ0) is 15.6. The summed E-state index contributed by atoms with van der Waals surface area (Å²) in [6, 6.07) is 10.2. The highest BCUT2D eigenvalue weighted by Crippen LogP contribution is 2.31. The molecule has 0 aliphatic carbocycles. The van der Waals surface area contributed by atoms with Crippen LogP contribution in [0.5, 0.6) is 11.5 Å². The Kier molecular flexibility index (Phi) is 4.48. The van der Waals surface area contributed by atoms with Gasteiger partial charge in [0.2, 0.25) is 0 Å². The van der Waals surface area contributed by atoms with E-state index in [1.165, 1.54) is 6.07 Å². The van der Waals surface area contributed by atoms with Crippen LogP contribution >= 0.6 is 11.6 Å². The monoisotopic (exact) mass is 306 g/mol. The Morgan fingerprint density at radius 1 is 1.05 bits per heavy atom. The van der Waals surface area contributed by atoms with E-state index in [2.05, 4.69) is 5.32 Å². The second-order valence-corrected chi connectivity index (χ2v) is 5.62. The van der Waals surface area contributed by atoms with Crippen LogP contribution in [0.3, 0.4) is 0 Å². The zero-order valence-electron chi connectivity index (χ0n) is 12.3. The molecular weight excluding hydrogens is 288 g/mol. The molecule has 21 heavy (non-hydrogen) atoms. The van der Waals surface area contributed by atoms with Crippen molar-refractivity contribution >= 4 is 23.0 Å². The number of nitrogens with one attached hydrogen (secondary N) is 1. The molecule has 0 heterocycles. The van der Waals surface area contributed by atoms with Crippen LogP contribution in [0.4, 0.5) is 11.4 Å². The summed E-state index contributed by atoms with van der Waals surface area (Å²) in [4.78, 5) is 1.95. The molecule has 0 radical (unpaired) electrons. The number of benzene rings is 2. The Morgan fingerprint density at radius 3 is 2.19 bits per heavy atom. The number of nitrogens with zero attached hydrogens (tertiary/aromatic N) is 1. The van der Waals surface area contributed by atoms with Gasteiger partial charge in [-0.3, -0.25) is 0 Å². The molecule has 0 aromatic heterocycles. The molecule has 1 unspecified atom stereocenters. The number of rotatable bonds is 4. The number of halogens is 1. The molecule has 0 saturated carbocycles. The minimum absolute atomic E-state index is 0.0413. The summed E-state index contributed by atoms with van der Waals surface area (Å²) < 4.78 is 0. The van der Waals surface area contributed by atoms with Gasteiger partial charge >= 0.3 is 0 Å². The van der Waals surface area contributed by atoms with Crippen molar-refractivity contribution < 1.29 is 10.2 Å². The van der Waals surface area contributed by atoms with Crippen molar-refractivity contribution in [2.45, 2.75) is 13.0 Å². The van der Waals surface area contributed by atoms with Gasteiger partial charge in [0.15, 0.2) is 0 Å². The number of aromatic hydroxyl groups is 2. The summed E-state index contributed by atoms with van der Waals surface area (Å²) in [5.41, 5.74) is 2.62. The van der Waals surface area contributed by atoms with Crippen molar-refractivity contribution in [1.29, 1.82) is 0 Å². The zero-order valence-corrected chi connectivity index (χ0v) is 13.0. The molecular formula is C16H19ClN2O2. The minimum atomic E-state index is -0.0794. The Bertz CT molecular complexity index is 624. The van der Waals surface area contributed by atoms with E-state index >= 15 is 0 Å². The lowest BCUT2D eigenvalue weighted by Gasteiger charge is -2.19. The average Bonchev–Trinajstić information content (AvgIpc) is 2.37. The molecule has 0 bridgehead atoms. The third-order valence-corrected chi connectivity index (χ3v) is 3.54. The lowest BCUT2D eigenvalue weighted by Crippen LogP contribution is -2.10. The van der Waals surface area contributed by atoms with Crippen LogP contribution in [0.2, 0.25) is 5.02 Å². The molecule has 0 saturated heterocycles. The van der Waals surface area contributed by atoms with Gasteiger partial charge in [-0.25, -0.2) is 0 Å². The van der Waals surface area contributed by atoms with Crippen LogP contribution < -0.4 is 10.2 Å². The number of hydrogen-bond donors (Lipinski definition) is 3. The van der Waals surface area contributed by atoms with Gasteiger partial charge in [-0.05, 0) is 42.8 Å². The highest BCUT2D eigenvalue weighted by Gasteiger charge is 2.10. The molecule has 0 fully saturated rings. The van der Waals surface area contributed by atoms with Crippen molar-refractivity contribution in [2.75, 3.05) is 24.3 Å². The fraction of sp³-hybridized carbons (Fsp3) is 0.250. The van der Waals surface area contributed by atoms with Gasteiger partial charge in [0, 0.05) is 31.9 Å². The molecule has 112 valence electrons. The fourth-order valence-electron chi connectivity index (χ4n) is 2.16. The summed E-state index contributed by atoms with van der Waals surface area (Å²) in [6.45, 7) is 1.95. The topological polar surface area (TPSA) is 55.7 Å². The van der Waals surface area contributed by atoms with Gasteiger partial charge in [0.1, 0.15) is 11.5 Å². The van der Waals surface area contributed by atoms with Gasteiger partial charge in [-0.15, -0.1) is 0 Å². The molecule has 5 heteroatoms. The number of phenolic OH excluding ortho intramolecular Hbond substituents is 2. The van der Waals surface area contributed by atoms with Gasteiger partial charge in [0.05, 0.1) is 10.7 Å². The Labute approximate surface area is 129 Å². The first-order valence-corrected chi connectivity index (χ1v) is 7.01. The second kappa shape index (κ2) is 6.14. The second-order valence-electron chi connectivity index (χ2n) is 5.21. The number of phenols is 2. The third kappa shape index (κ3) is 3.73. The normalized spacial score (nSPS) is 12.0. The van der Waals surface area contributed by atoms with E-state index in [-0.39, 0.29) is 17.5 Å². The van der Waals surface area contributed by atoms with E-state index in [4.69, 9.17) is 11.6 Å². The molecule has 2 rings (SSSR count). The van der Waals surface area contributed by atoms with E-state index in [0.717, 1.165) is 16.9 Å². The van der Waals surface area contributed by atoms with E-state index < -0.39 is 0 Å². The van der Waals surface area contributed by atoms with Gasteiger partial charge in [0.25, 0.3) is 0 Å². The molecule has 0 aliphatic heterocycles. The van der Waals surface area contributed by atoms with Gasteiger partial charge in [-0.1, -0.05) is 11.6 Å². The van der Waals surface area contributed by atoms with E-state index in [9.17, 15) is 10.2 Å². The summed E-state index contributed by atoms with van der Waals surface area (Å²) in [5.74, 6) is 0.0827. The number of hydrogen-bond acceptors (Lipinski definition) is 4. The highest BCUT2D eigenvalue weighted by atomic mass is 35.5. The smallest absolute Gasteiger partial charge is 0.119 e. The predicted octanol–water partition coefficient (Wildman–Crippen LogP) is 3.99. The maximum Gasteiger partial charge on any atom is 0.119 e. The summed E-state index contributed by atoms with van der Waals surface area (Å²) >= 11 is 6.24. The molecule has 2 aromatic carbocycles. The standard InChI is InChI=1S/C16H19ClN2O2/c1-10(11-6-13(20)9-14(21)7-11)18-12-4-5-16(19(2)3)15(17)8-12/h4-10,18,20-21H,1-3H3. The average molecular weight is 307 g/mol. The molecule has 3 N–H and O–H groups in total. The van der Waals surface area contributed by atoms with Gasteiger partial charge < -0.3 is 20.4 Å². The molecule has 0 aliphatic rings. The van der Waals surface area contributed by atoms with E-state index in [0.29, 0.717) is 5.02 Å². The van der Waals surface area contributed by atoms with E-state index in [1.807, 2.05) is 44.1 Å². The lowest BCUT2D eigenvalue weighted by molar-refractivity contribution is 0.448. The van der Waals surface area contributed by atoms with Crippen LogP contribution in [-0.2, 0) is 0 Å². The van der Waals surface area contributed by atoms with Crippen molar-refractivity contribution in [1.82, 2.24) is 0 Å². The van der Waals surface area contributed by atoms with E-state index in [1.54, 1.807) is 12.1 Å². The van der Waals surface area contributed by atoms with Gasteiger partial charge in [-0.2, -0.15) is 0 Å². The molecule has 2 aromatic rings. The van der Waals surface area contributed by atoms with Crippen LogP contribution in [-0.4, -0.2) is 24.3 Å².